The number of hydrogen-bond acceptors (Lipinski definition) is 3. The highest BCUT2D eigenvalue weighted by Gasteiger charge is 2.37. The maximum absolute atomic E-state index is 11.6. The van der Waals surface area contributed by atoms with Gasteiger partial charge in [0.05, 0.1) is 0 Å². The van der Waals surface area contributed by atoms with Gasteiger partial charge >= 0.3 is 5.97 Å². The third-order valence-corrected chi connectivity index (χ3v) is 4.27. The van der Waals surface area contributed by atoms with Crippen molar-refractivity contribution >= 4 is 5.97 Å². The van der Waals surface area contributed by atoms with Gasteiger partial charge in [0.25, 0.3) is 0 Å². The van der Waals surface area contributed by atoms with Crippen molar-refractivity contribution in [2.24, 2.45) is 0 Å². The summed E-state index contributed by atoms with van der Waals surface area (Å²) >= 11 is 0. The van der Waals surface area contributed by atoms with E-state index in [9.17, 15) is 9.90 Å². The molecule has 0 amide bonds. The summed E-state index contributed by atoms with van der Waals surface area (Å²) in [6, 6.07) is 8.80. The zero-order valence-corrected chi connectivity index (χ0v) is 13.4. The molecule has 2 rings (SSSR count). The molecule has 0 radical (unpaired) electrons. The molecule has 1 heterocycles. The molecule has 4 nitrogen and oxygen atoms in total. The molecular formula is C17H26N2O2. The summed E-state index contributed by atoms with van der Waals surface area (Å²) in [6.45, 7) is 9.70. The molecule has 1 aromatic carbocycles. The van der Waals surface area contributed by atoms with Crippen LogP contribution in [0.15, 0.2) is 24.3 Å². The van der Waals surface area contributed by atoms with Gasteiger partial charge in [-0.15, -0.1) is 0 Å². The maximum atomic E-state index is 11.6. The zero-order valence-electron chi connectivity index (χ0n) is 13.4. The molecule has 0 aromatic heterocycles. The van der Waals surface area contributed by atoms with E-state index >= 15 is 0 Å². The molecule has 1 aromatic rings. The first-order valence-corrected chi connectivity index (χ1v) is 7.64. The topological polar surface area (TPSA) is 52.6 Å². The number of carboxylic acid groups (broad SMARTS) is 1. The number of rotatable bonds is 6. The lowest BCUT2D eigenvalue weighted by atomic mass is 9.92. The Bertz CT molecular complexity index is 490. The van der Waals surface area contributed by atoms with Gasteiger partial charge in [0.1, 0.15) is 5.54 Å². The molecule has 21 heavy (non-hydrogen) atoms. The normalized spacial score (nSPS) is 19.3. The summed E-state index contributed by atoms with van der Waals surface area (Å²) in [5, 5.41) is 12.8. The number of nitrogens with zero attached hydrogens (tertiary/aromatic N) is 1. The van der Waals surface area contributed by atoms with Crippen LogP contribution >= 0.6 is 0 Å². The van der Waals surface area contributed by atoms with Gasteiger partial charge in [0.15, 0.2) is 0 Å². The fraction of sp³-hybridized carbons (Fsp3) is 0.588. The first-order valence-electron chi connectivity index (χ1n) is 7.64. The number of benzene rings is 1. The SMILES string of the molecule is CC(C)NC(C)(CC(C)N1Cc2ccccc2C1)C(=O)O. The number of hydrogen-bond donors (Lipinski definition) is 2. The molecule has 0 saturated heterocycles. The minimum Gasteiger partial charge on any atom is -0.480 e. The Kier molecular flexibility index (Phi) is 4.69. The number of carbonyl (C=O) groups is 1. The van der Waals surface area contributed by atoms with Crippen molar-refractivity contribution in [3.63, 3.8) is 0 Å². The molecule has 2 unspecified atom stereocenters. The Morgan fingerprint density at radius 2 is 1.81 bits per heavy atom. The minimum absolute atomic E-state index is 0.147. The van der Waals surface area contributed by atoms with Gasteiger partial charge < -0.3 is 5.11 Å². The summed E-state index contributed by atoms with van der Waals surface area (Å²) < 4.78 is 0. The van der Waals surface area contributed by atoms with Crippen LogP contribution in [0.25, 0.3) is 0 Å². The van der Waals surface area contributed by atoms with Gasteiger partial charge in [-0.05, 0) is 45.2 Å². The summed E-state index contributed by atoms with van der Waals surface area (Å²) in [6.07, 6.45) is 0.592. The first-order chi connectivity index (χ1) is 9.82. The average molecular weight is 290 g/mol. The molecule has 4 heteroatoms. The number of nitrogens with one attached hydrogen (secondary N) is 1. The molecule has 116 valence electrons. The Hall–Kier alpha value is -1.39. The second-order valence-electron chi connectivity index (χ2n) is 6.66. The largest absolute Gasteiger partial charge is 0.480 e. The van der Waals surface area contributed by atoms with Crippen molar-refractivity contribution in [2.75, 3.05) is 0 Å². The molecule has 0 bridgehead atoms. The molecule has 2 atom stereocenters. The highest BCUT2D eigenvalue weighted by molar-refractivity contribution is 5.78. The number of carboxylic acids is 1. The van der Waals surface area contributed by atoms with Crippen molar-refractivity contribution in [1.29, 1.82) is 0 Å². The smallest absolute Gasteiger partial charge is 0.323 e. The van der Waals surface area contributed by atoms with Gasteiger partial charge in [-0.25, -0.2) is 0 Å². The Labute approximate surface area is 127 Å². The fourth-order valence-corrected chi connectivity index (χ4v) is 3.24. The summed E-state index contributed by atoms with van der Waals surface area (Å²) in [5.74, 6) is -0.778. The second-order valence-corrected chi connectivity index (χ2v) is 6.66. The van der Waals surface area contributed by atoms with Gasteiger partial charge in [0.2, 0.25) is 0 Å². The van der Waals surface area contributed by atoms with E-state index in [2.05, 4.69) is 41.4 Å². The van der Waals surface area contributed by atoms with Gasteiger partial charge in [0, 0.05) is 25.2 Å². The minimum atomic E-state index is -0.887. The molecule has 0 aliphatic carbocycles. The van der Waals surface area contributed by atoms with E-state index in [0.29, 0.717) is 6.42 Å². The molecule has 0 spiro atoms. The highest BCUT2D eigenvalue weighted by Crippen LogP contribution is 2.27. The fourth-order valence-electron chi connectivity index (χ4n) is 3.24. The van der Waals surface area contributed by atoms with Crippen LogP contribution in [0.2, 0.25) is 0 Å². The molecule has 1 aliphatic heterocycles. The van der Waals surface area contributed by atoms with Crippen molar-refractivity contribution in [3.8, 4) is 0 Å². The Morgan fingerprint density at radius 3 is 2.24 bits per heavy atom. The summed E-state index contributed by atoms with van der Waals surface area (Å²) in [5.41, 5.74) is 1.83. The van der Waals surface area contributed by atoms with Crippen molar-refractivity contribution in [3.05, 3.63) is 35.4 Å². The monoisotopic (exact) mass is 290 g/mol. The molecular weight excluding hydrogens is 264 g/mol. The lowest BCUT2D eigenvalue weighted by Crippen LogP contribution is -2.55. The van der Waals surface area contributed by atoms with Gasteiger partial charge in [-0.2, -0.15) is 0 Å². The quantitative estimate of drug-likeness (QED) is 0.845. The van der Waals surface area contributed by atoms with E-state index in [4.69, 9.17) is 0 Å². The van der Waals surface area contributed by atoms with Crippen molar-refractivity contribution < 1.29 is 9.90 Å². The third-order valence-electron chi connectivity index (χ3n) is 4.27. The van der Waals surface area contributed by atoms with Gasteiger partial charge in [-0.3, -0.25) is 15.0 Å². The molecule has 0 saturated carbocycles. The lowest BCUT2D eigenvalue weighted by Gasteiger charge is -2.34. The van der Waals surface area contributed by atoms with Crippen LogP contribution in [0.4, 0.5) is 0 Å². The number of aliphatic carboxylic acids is 1. The van der Waals surface area contributed by atoms with Crippen LogP contribution in [0, 0.1) is 0 Å². The highest BCUT2D eigenvalue weighted by atomic mass is 16.4. The predicted octanol–water partition coefficient (Wildman–Crippen LogP) is 2.62. The summed E-state index contributed by atoms with van der Waals surface area (Å²) in [7, 11) is 0. The van der Waals surface area contributed by atoms with E-state index in [0.717, 1.165) is 13.1 Å². The van der Waals surface area contributed by atoms with Crippen molar-refractivity contribution in [2.45, 2.75) is 64.8 Å². The number of fused-ring (bicyclic) bond motifs is 1. The van der Waals surface area contributed by atoms with Crippen molar-refractivity contribution in [1.82, 2.24) is 10.2 Å². The zero-order chi connectivity index (χ0) is 15.6. The van der Waals surface area contributed by atoms with Crippen LogP contribution in [0.1, 0.15) is 45.2 Å². The molecule has 0 fully saturated rings. The van der Waals surface area contributed by atoms with Crippen LogP contribution in [-0.2, 0) is 17.9 Å². The molecule has 1 aliphatic rings. The molecule has 2 N–H and O–H groups in total. The van der Waals surface area contributed by atoms with Gasteiger partial charge in [-0.1, -0.05) is 24.3 Å². The Balaban J connectivity index is 2.04. The van der Waals surface area contributed by atoms with E-state index in [1.54, 1.807) is 6.92 Å². The average Bonchev–Trinajstić information content (AvgIpc) is 2.81. The standard InChI is InChI=1S/C17H26N2O2/c1-12(2)18-17(4,16(20)21)9-13(3)19-10-14-7-5-6-8-15(14)11-19/h5-8,12-13,18H,9-11H2,1-4H3,(H,20,21). The first kappa shape index (κ1) is 16.0. The predicted molar refractivity (Wildman–Crippen MR) is 84.1 cm³/mol. The third kappa shape index (κ3) is 3.63. The van der Waals surface area contributed by atoms with E-state index in [1.165, 1.54) is 11.1 Å². The van der Waals surface area contributed by atoms with Crippen LogP contribution < -0.4 is 5.32 Å². The lowest BCUT2D eigenvalue weighted by molar-refractivity contribution is -0.145. The van der Waals surface area contributed by atoms with E-state index in [-0.39, 0.29) is 12.1 Å². The van der Waals surface area contributed by atoms with E-state index < -0.39 is 11.5 Å². The van der Waals surface area contributed by atoms with Crippen LogP contribution in [0.5, 0.6) is 0 Å². The van der Waals surface area contributed by atoms with E-state index in [1.807, 2.05) is 13.8 Å². The van der Waals surface area contributed by atoms with Crippen LogP contribution in [0.3, 0.4) is 0 Å². The van der Waals surface area contributed by atoms with Crippen LogP contribution in [-0.4, -0.2) is 33.6 Å². The Morgan fingerprint density at radius 1 is 1.29 bits per heavy atom. The summed E-state index contributed by atoms with van der Waals surface area (Å²) in [4.78, 5) is 14.0. The maximum Gasteiger partial charge on any atom is 0.323 e. The second kappa shape index (κ2) is 6.16.